The van der Waals surface area contributed by atoms with Crippen molar-refractivity contribution in [2.45, 2.75) is 25.8 Å². The Morgan fingerprint density at radius 1 is 1.61 bits per heavy atom. The van der Waals surface area contributed by atoms with E-state index in [9.17, 15) is 15.2 Å². The molecular formula is C10H17N5O3. The lowest BCUT2D eigenvalue weighted by Crippen LogP contribution is -2.38. The number of nitrogens with one attached hydrogen (secondary N) is 2. The van der Waals surface area contributed by atoms with Crippen LogP contribution in [0.4, 0.5) is 17.3 Å². The minimum Gasteiger partial charge on any atom is -0.394 e. The van der Waals surface area contributed by atoms with Gasteiger partial charge in [0.1, 0.15) is 5.82 Å². The third kappa shape index (κ3) is 3.05. The van der Waals surface area contributed by atoms with Gasteiger partial charge in [-0.15, -0.1) is 0 Å². The van der Waals surface area contributed by atoms with E-state index in [1.165, 1.54) is 12.1 Å². The molecule has 1 unspecified atom stereocenters. The van der Waals surface area contributed by atoms with Crippen molar-refractivity contribution >= 4 is 17.3 Å². The molecule has 5 N–H and O–H groups in total. The van der Waals surface area contributed by atoms with E-state index >= 15 is 0 Å². The van der Waals surface area contributed by atoms with Crippen LogP contribution >= 0.6 is 0 Å². The fourth-order valence-corrected chi connectivity index (χ4v) is 1.30. The number of aromatic nitrogens is 1. The molecule has 0 saturated carbocycles. The molecule has 0 aliphatic heterocycles. The number of hydrogen-bond acceptors (Lipinski definition) is 7. The molecule has 1 heterocycles. The number of pyridine rings is 1. The zero-order chi connectivity index (χ0) is 13.8. The van der Waals surface area contributed by atoms with E-state index in [2.05, 4.69) is 15.7 Å². The number of hydrogen-bond donors (Lipinski definition) is 4. The van der Waals surface area contributed by atoms with Crippen molar-refractivity contribution in [2.24, 2.45) is 5.84 Å². The summed E-state index contributed by atoms with van der Waals surface area (Å²) in [4.78, 5) is 14.4. The lowest BCUT2D eigenvalue weighted by molar-refractivity contribution is -0.384. The number of aliphatic hydroxyl groups excluding tert-OH is 1. The van der Waals surface area contributed by atoms with Crippen LogP contribution in [-0.2, 0) is 0 Å². The Morgan fingerprint density at radius 2 is 2.28 bits per heavy atom. The van der Waals surface area contributed by atoms with Crippen LogP contribution in [-0.4, -0.2) is 27.2 Å². The average Bonchev–Trinajstić information content (AvgIpc) is 2.38. The van der Waals surface area contributed by atoms with Crippen molar-refractivity contribution in [2.75, 3.05) is 17.3 Å². The summed E-state index contributed by atoms with van der Waals surface area (Å²) in [6.45, 7) is 3.45. The number of nitro groups is 1. The third-order valence-electron chi connectivity index (χ3n) is 2.77. The van der Waals surface area contributed by atoms with Gasteiger partial charge in [0.2, 0.25) is 5.82 Å². The van der Waals surface area contributed by atoms with E-state index < -0.39 is 10.5 Å². The van der Waals surface area contributed by atoms with Crippen molar-refractivity contribution in [3.8, 4) is 0 Å². The van der Waals surface area contributed by atoms with E-state index in [1.54, 1.807) is 6.92 Å². The summed E-state index contributed by atoms with van der Waals surface area (Å²) in [5.41, 5.74) is 1.48. The predicted octanol–water partition coefficient (Wildman–Crippen LogP) is 0.848. The normalized spacial score (nSPS) is 13.8. The number of nitrogens with zero attached hydrogens (tertiary/aromatic N) is 2. The molecule has 18 heavy (non-hydrogen) atoms. The summed E-state index contributed by atoms with van der Waals surface area (Å²) in [6.07, 6.45) is 0.586. The van der Waals surface area contributed by atoms with Crippen LogP contribution in [0.25, 0.3) is 0 Å². The van der Waals surface area contributed by atoms with E-state index in [1.807, 2.05) is 6.92 Å². The molecule has 100 valence electrons. The smallest absolute Gasteiger partial charge is 0.311 e. The average molecular weight is 255 g/mol. The lowest BCUT2D eigenvalue weighted by Gasteiger charge is -2.27. The van der Waals surface area contributed by atoms with Crippen LogP contribution in [0.1, 0.15) is 20.3 Å². The maximum atomic E-state index is 10.9. The molecule has 1 aromatic heterocycles. The minimum absolute atomic E-state index is 0.0776. The largest absolute Gasteiger partial charge is 0.394 e. The van der Waals surface area contributed by atoms with Gasteiger partial charge in [0, 0.05) is 6.07 Å². The summed E-state index contributed by atoms with van der Waals surface area (Å²) in [5, 5.41) is 23.1. The molecule has 0 spiro atoms. The maximum Gasteiger partial charge on any atom is 0.311 e. The van der Waals surface area contributed by atoms with Crippen LogP contribution in [0.5, 0.6) is 0 Å². The van der Waals surface area contributed by atoms with Crippen LogP contribution in [0.2, 0.25) is 0 Å². The van der Waals surface area contributed by atoms with Crippen LogP contribution < -0.4 is 16.6 Å². The number of rotatable bonds is 6. The number of anilines is 2. The van der Waals surface area contributed by atoms with Gasteiger partial charge in [-0.1, -0.05) is 6.92 Å². The minimum atomic E-state index is -0.676. The second-order valence-electron chi connectivity index (χ2n) is 4.16. The predicted molar refractivity (Wildman–Crippen MR) is 68.1 cm³/mol. The second kappa shape index (κ2) is 5.61. The Balaban J connectivity index is 3.15. The standard InChI is InChI=1S/C10H17N5O3/c1-3-10(2,6-16)13-9-7(15(17)18)4-5-8(12-9)14-11/h4-5,16H,3,6,11H2,1-2H3,(H2,12,13,14). The number of aliphatic hydroxyl groups is 1. The highest BCUT2D eigenvalue weighted by Crippen LogP contribution is 2.27. The van der Waals surface area contributed by atoms with Crippen molar-refractivity contribution < 1.29 is 10.0 Å². The van der Waals surface area contributed by atoms with Crippen LogP contribution in [0.15, 0.2) is 12.1 Å². The molecule has 0 aliphatic carbocycles. The molecule has 0 saturated heterocycles. The zero-order valence-electron chi connectivity index (χ0n) is 10.3. The molecule has 0 fully saturated rings. The molecule has 0 bridgehead atoms. The Bertz CT molecular complexity index is 434. The van der Waals surface area contributed by atoms with Gasteiger partial charge in [-0.05, 0) is 19.4 Å². The highest BCUT2D eigenvalue weighted by Gasteiger charge is 2.26. The van der Waals surface area contributed by atoms with Crippen LogP contribution in [0, 0.1) is 10.1 Å². The third-order valence-corrected chi connectivity index (χ3v) is 2.77. The topological polar surface area (TPSA) is 126 Å². The van der Waals surface area contributed by atoms with E-state index in [4.69, 9.17) is 5.84 Å². The molecule has 0 radical (unpaired) electrons. The molecule has 8 nitrogen and oxygen atoms in total. The van der Waals surface area contributed by atoms with Crippen molar-refractivity contribution in [1.82, 2.24) is 4.98 Å². The van der Waals surface area contributed by atoms with Gasteiger partial charge in [-0.2, -0.15) is 0 Å². The van der Waals surface area contributed by atoms with Crippen LogP contribution in [0.3, 0.4) is 0 Å². The first-order valence-electron chi connectivity index (χ1n) is 5.47. The Kier molecular flexibility index (Phi) is 4.40. The van der Waals surface area contributed by atoms with E-state index in [0.717, 1.165) is 0 Å². The zero-order valence-corrected chi connectivity index (χ0v) is 10.3. The molecule has 0 aliphatic rings. The lowest BCUT2D eigenvalue weighted by atomic mass is 10.0. The SMILES string of the molecule is CCC(C)(CO)Nc1nc(NN)ccc1[N+](=O)[O-]. The molecule has 1 atom stereocenters. The molecule has 8 heteroatoms. The van der Waals surface area contributed by atoms with Crippen molar-refractivity contribution in [1.29, 1.82) is 0 Å². The van der Waals surface area contributed by atoms with Gasteiger partial charge in [0.15, 0.2) is 0 Å². The Morgan fingerprint density at radius 3 is 2.72 bits per heavy atom. The molecule has 1 aromatic rings. The highest BCUT2D eigenvalue weighted by atomic mass is 16.6. The number of nitrogens with two attached hydrogens (primary N) is 1. The van der Waals surface area contributed by atoms with Gasteiger partial charge >= 0.3 is 5.69 Å². The van der Waals surface area contributed by atoms with Gasteiger partial charge in [-0.3, -0.25) is 10.1 Å². The van der Waals surface area contributed by atoms with Crippen molar-refractivity contribution in [3.05, 3.63) is 22.2 Å². The van der Waals surface area contributed by atoms with Gasteiger partial charge in [-0.25, -0.2) is 10.8 Å². The molecular weight excluding hydrogens is 238 g/mol. The first-order chi connectivity index (χ1) is 8.45. The van der Waals surface area contributed by atoms with Gasteiger partial charge < -0.3 is 15.8 Å². The maximum absolute atomic E-state index is 10.9. The quantitative estimate of drug-likeness (QED) is 0.337. The number of hydrazine groups is 1. The fraction of sp³-hybridized carbons (Fsp3) is 0.500. The first-order valence-corrected chi connectivity index (χ1v) is 5.47. The Hall–Kier alpha value is -1.93. The second-order valence-corrected chi connectivity index (χ2v) is 4.16. The number of nitrogen functional groups attached to an aromatic ring is 1. The summed E-state index contributed by atoms with van der Waals surface area (Å²) in [7, 11) is 0. The summed E-state index contributed by atoms with van der Waals surface area (Å²) < 4.78 is 0. The monoisotopic (exact) mass is 255 g/mol. The molecule has 0 aromatic carbocycles. The Labute approximate surface area is 104 Å². The van der Waals surface area contributed by atoms with E-state index in [0.29, 0.717) is 12.2 Å². The van der Waals surface area contributed by atoms with Gasteiger partial charge in [0.05, 0.1) is 17.1 Å². The first kappa shape index (κ1) is 14.1. The summed E-state index contributed by atoms with van der Waals surface area (Å²) in [5.74, 6) is 5.60. The van der Waals surface area contributed by atoms with Crippen molar-refractivity contribution in [3.63, 3.8) is 0 Å². The molecule has 1 rings (SSSR count). The fourth-order valence-electron chi connectivity index (χ4n) is 1.30. The molecule has 0 amide bonds. The summed E-state index contributed by atoms with van der Waals surface area (Å²) >= 11 is 0. The van der Waals surface area contributed by atoms with Gasteiger partial charge in [0.25, 0.3) is 0 Å². The van der Waals surface area contributed by atoms with E-state index in [-0.39, 0.29) is 18.1 Å². The highest BCUT2D eigenvalue weighted by molar-refractivity contribution is 5.61. The summed E-state index contributed by atoms with van der Waals surface area (Å²) in [6, 6.07) is 2.71.